The molecule has 1 aromatic heterocycles. The van der Waals surface area contributed by atoms with Gasteiger partial charge in [0.2, 0.25) is 0 Å². The fourth-order valence-corrected chi connectivity index (χ4v) is 3.57. The van der Waals surface area contributed by atoms with Crippen molar-refractivity contribution in [2.24, 2.45) is 0 Å². The van der Waals surface area contributed by atoms with Crippen LogP contribution in [0.5, 0.6) is 0 Å². The van der Waals surface area contributed by atoms with Crippen LogP contribution in [0.15, 0.2) is 78.9 Å². The van der Waals surface area contributed by atoms with Gasteiger partial charge >= 0.3 is 0 Å². The third-order valence-electron chi connectivity index (χ3n) is 5.49. The summed E-state index contributed by atoms with van der Waals surface area (Å²) in [5, 5.41) is 3.02. The number of para-hydroxylation sites is 2. The zero-order valence-electron chi connectivity index (χ0n) is 17.5. The molecule has 0 saturated carbocycles. The molecule has 0 saturated heterocycles. The van der Waals surface area contributed by atoms with Crippen LogP contribution in [0.25, 0.3) is 11.0 Å². The number of carbonyl (C=O) groups is 1. The van der Waals surface area contributed by atoms with Gasteiger partial charge in [-0.2, -0.15) is 0 Å². The van der Waals surface area contributed by atoms with E-state index >= 15 is 0 Å². The Labute approximate surface area is 177 Å². The van der Waals surface area contributed by atoms with Gasteiger partial charge < -0.3 is 9.88 Å². The first-order valence-corrected chi connectivity index (χ1v) is 10.5. The summed E-state index contributed by atoms with van der Waals surface area (Å²) in [5.74, 6) is 1.02. The Morgan fingerprint density at radius 3 is 2.37 bits per heavy atom. The lowest BCUT2D eigenvalue weighted by Crippen LogP contribution is -2.31. The number of benzene rings is 3. The van der Waals surface area contributed by atoms with Crippen LogP contribution in [0.4, 0.5) is 0 Å². The normalized spacial score (nSPS) is 12.1. The van der Waals surface area contributed by atoms with Gasteiger partial charge in [-0.15, -0.1) is 0 Å². The highest BCUT2D eigenvalue weighted by atomic mass is 16.1. The minimum absolute atomic E-state index is 0.0197. The Hall–Kier alpha value is -3.40. The van der Waals surface area contributed by atoms with E-state index in [1.165, 1.54) is 5.56 Å². The minimum atomic E-state index is -0.0197. The maximum absolute atomic E-state index is 12.3. The first kappa shape index (κ1) is 19.9. The van der Waals surface area contributed by atoms with Crippen molar-refractivity contribution in [3.05, 3.63) is 101 Å². The summed E-state index contributed by atoms with van der Waals surface area (Å²) < 4.78 is 2.27. The van der Waals surface area contributed by atoms with Gasteiger partial charge in [-0.1, -0.05) is 61.5 Å². The van der Waals surface area contributed by atoms with Crippen molar-refractivity contribution in [2.45, 2.75) is 39.3 Å². The maximum Gasteiger partial charge on any atom is 0.251 e. The number of aromatic nitrogens is 2. The molecular weight excluding hydrogens is 370 g/mol. The second-order valence-corrected chi connectivity index (χ2v) is 7.74. The molecule has 0 aliphatic rings. The van der Waals surface area contributed by atoms with Gasteiger partial charge in [0.25, 0.3) is 5.91 Å². The molecule has 1 amide bonds. The van der Waals surface area contributed by atoms with E-state index in [0.717, 1.165) is 41.8 Å². The van der Waals surface area contributed by atoms with E-state index in [0.29, 0.717) is 5.56 Å². The number of nitrogens with zero attached hydrogens (tertiary/aromatic N) is 2. The van der Waals surface area contributed by atoms with Crippen molar-refractivity contribution in [1.82, 2.24) is 14.9 Å². The second-order valence-electron chi connectivity index (χ2n) is 7.74. The summed E-state index contributed by atoms with van der Waals surface area (Å²) in [5.41, 5.74) is 5.22. The quantitative estimate of drug-likeness (QED) is 0.466. The van der Waals surface area contributed by atoms with Crippen molar-refractivity contribution in [2.75, 3.05) is 0 Å². The third-order valence-corrected chi connectivity index (χ3v) is 5.49. The Kier molecular flexibility index (Phi) is 5.94. The Morgan fingerprint density at radius 2 is 1.63 bits per heavy atom. The Morgan fingerprint density at radius 1 is 0.933 bits per heavy atom. The fourth-order valence-electron chi connectivity index (χ4n) is 3.57. The molecule has 0 bridgehead atoms. The van der Waals surface area contributed by atoms with Crippen LogP contribution in [0.3, 0.4) is 0 Å². The SMILES string of the molecule is CCC(C)NC(=O)c1ccc(Cn2c(Cc3ccccc3)nc3ccccc32)cc1. The van der Waals surface area contributed by atoms with E-state index in [4.69, 9.17) is 4.98 Å². The fraction of sp³-hybridized carbons (Fsp3) is 0.231. The van der Waals surface area contributed by atoms with Crippen molar-refractivity contribution < 1.29 is 4.79 Å². The molecule has 0 radical (unpaired) electrons. The maximum atomic E-state index is 12.3. The summed E-state index contributed by atoms with van der Waals surface area (Å²) in [4.78, 5) is 17.2. The van der Waals surface area contributed by atoms with Crippen molar-refractivity contribution >= 4 is 16.9 Å². The number of amides is 1. The molecule has 1 atom stereocenters. The zero-order chi connectivity index (χ0) is 20.9. The molecular formula is C26H27N3O. The van der Waals surface area contributed by atoms with Crippen LogP contribution in [0, 0.1) is 0 Å². The first-order valence-electron chi connectivity index (χ1n) is 10.5. The summed E-state index contributed by atoms with van der Waals surface area (Å²) in [7, 11) is 0. The number of nitrogens with one attached hydrogen (secondary N) is 1. The van der Waals surface area contributed by atoms with Gasteiger partial charge in [-0.3, -0.25) is 4.79 Å². The Bertz CT molecular complexity index is 1130. The predicted octanol–water partition coefficient (Wildman–Crippen LogP) is 5.20. The van der Waals surface area contributed by atoms with Gasteiger partial charge in [-0.25, -0.2) is 4.98 Å². The number of hydrogen-bond acceptors (Lipinski definition) is 2. The van der Waals surface area contributed by atoms with E-state index in [1.807, 2.05) is 43.3 Å². The second kappa shape index (κ2) is 8.95. The van der Waals surface area contributed by atoms with E-state index in [9.17, 15) is 4.79 Å². The molecule has 0 spiro atoms. The van der Waals surface area contributed by atoms with Crippen molar-refractivity contribution in [3.63, 3.8) is 0 Å². The molecule has 30 heavy (non-hydrogen) atoms. The number of rotatable bonds is 7. The minimum Gasteiger partial charge on any atom is -0.350 e. The van der Waals surface area contributed by atoms with Crippen LogP contribution in [0.2, 0.25) is 0 Å². The van der Waals surface area contributed by atoms with Crippen molar-refractivity contribution in [3.8, 4) is 0 Å². The molecule has 0 fully saturated rings. The molecule has 4 nitrogen and oxygen atoms in total. The van der Waals surface area contributed by atoms with Gasteiger partial charge in [0, 0.05) is 24.6 Å². The van der Waals surface area contributed by atoms with E-state index in [2.05, 4.69) is 59.3 Å². The predicted molar refractivity (Wildman–Crippen MR) is 122 cm³/mol. The topological polar surface area (TPSA) is 46.9 Å². The van der Waals surface area contributed by atoms with Gasteiger partial charge in [0.05, 0.1) is 11.0 Å². The summed E-state index contributed by atoms with van der Waals surface area (Å²) in [6.45, 7) is 4.80. The molecule has 4 aromatic rings. The van der Waals surface area contributed by atoms with Crippen LogP contribution in [0.1, 0.15) is 47.6 Å². The third kappa shape index (κ3) is 4.43. The average molecular weight is 398 g/mol. The number of carbonyl (C=O) groups excluding carboxylic acids is 1. The van der Waals surface area contributed by atoms with E-state index < -0.39 is 0 Å². The monoisotopic (exact) mass is 397 g/mol. The van der Waals surface area contributed by atoms with Crippen LogP contribution in [-0.4, -0.2) is 21.5 Å². The number of hydrogen-bond donors (Lipinski definition) is 1. The molecule has 4 rings (SSSR count). The number of fused-ring (bicyclic) bond motifs is 1. The molecule has 1 unspecified atom stereocenters. The van der Waals surface area contributed by atoms with Crippen LogP contribution in [-0.2, 0) is 13.0 Å². The highest BCUT2D eigenvalue weighted by Gasteiger charge is 2.13. The summed E-state index contributed by atoms with van der Waals surface area (Å²) in [6, 6.07) is 26.7. The van der Waals surface area contributed by atoms with Crippen LogP contribution >= 0.6 is 0 Å². The molecule has 1 heterocycles. The highest BCUT2D eigenvalue weighted by molar-refractivity contribution is 5.94. The van der Waals surface area contributed by atoms with E-state index in [-0.39, 0.29) is 11.9 Å². The molecule has 0 aliphatic carbocycles. The average Bonchev–Trinajstić information content (AvgIpc) is 3.11. The molecule has 0 aliphatic heterocycles. The lowest BCUT2D eigenvalue weighted by atomic mass is 10.1. The molecule has 1 N–H and O–H groups in total. The van der Waals surface area contributed by atoms with Gasteiger partial charge in [0.1, 0.15) is 5.82 Å². The largest absolute Gasteiger partial charge is 0.350 e. The lowest BCUT2D eigenvalue weighted by molar-refractivity contribution is 0.0939. The molecule has 4 heteroatoms. The van der Waals surface area contributed by atoms with Gasteiger partial charge in [0.15, 0.2) is 0 Å². The highest BCUT2D eigenvalue weighted by Crippen LogP contribution is 2.20. The molecule has 152 valence electrons. The summed E-state index contributed by atoms with van der Waals surface area (Å²) >= 11 is 0. The number of imidazole rings is 1. The Balaban J connectivity index is 1.60. The molecule has 3 aromatic carbocycles. The van der Waals surface area contributed by atoms with Crippen molar-refractivity contribution in [1.29, 1.82) is 0 Å². The first-order chi connectivity index (χ1) is 14.6. The zero-order valence-corrected chi connectivity index (χ0v) is 17.5. The lowest BCUT2D eigenvalue weighted by Gasteiger charge is -2.13. The smallest absolute Gasteiger partial charge is 0.251 e. The van der Waals surface area contributed by atoms with Gasteiger partial charge in [-0.05, 0) is 48.7 Å². The van der Waals surface area contributed by atoms with Crippen LogP contribution < -0.4 is 5.32 Å². The standard InChI is InChI=1S/C26H27N3O/c1-3-19(2)27-26(30)22-15-13-21(14-16-22)18-29-24-12-8-7-11-23(24)28-25(29)17-20-9-5-4-6-10-20/h4-16,19H,3,17-18H2,1-2H3,(H,27,30). The van der Waals surface area contributed by atoms with E-state index in [1.54, 1.807) is 0 Å². The summed E-state index contributed by atoms with van der Waals surface area (Å²) in [6.07, 6.45) is 1.70.